The van der Waals surface area contributed by atoms with Crippen LogP contribution in [0.2, 0.25) is 5.04 Å². The van der Waals surface area contributed by atoms with Crippen LogP contribution in [0.4, 0.5) is 0 Å². The maximum Gasteiger partial charge on any atom is 0.261 e. The highest BCUT2D eigenvalue weighted by atomic mass is 28.4. The molecule has 0 unspecified atom stereocenters. The number of carbonyl (C=O) groups excluding carboxylic acids is 1. The van der Waals surface area contributed by atoms with Gasteiger partial charge in [-0.15, -0.1) is 0 Å². The molecule has 0 bridgehead atoms. The second-order valence-corrected chi connectivity index (χ2v) is 17.2. The number of hydrogen-bond acceptors (Lipinski definition) is 6. The lowest BCUT2D eigenvalue weighted by atomic mass is 9.58. The van der Waals surface area contributed by atoms with Crippen molar-refractivity contribution < 1.29 is 28.2 Å². The molecule has 2 aromatic carbocycles. The molecule has 4 rings (SSSR count). The van der Waals surface area contributed by atoms with Crippen LogP contribution >= 0.6 is 0 Å². The van der Waals surface area contributed by atoms with E-state index in [1.54, 1.807) is 14.2 Å². The fourth-order valence-corrected chi connectivity index (χ4v) is 12.3. The van der Waals surface area contributed by atoms with E-state index in [2.05, 4.69) is 87.5 Å². The lowest BCUT2D eigenvalue weighted by Crippen LogP contribution is -2.66. The predicted molar refractivity (Wildman–Crippen MR) is 169 cm³/mol. The Hall–Kier alpha value is -2.13. The van der Waals surface area contributed by atoms with Crippen molar-refractivity contribution >= 4 is 25.0 Å². The van der Waals surface area contributed by atoms with Crippen molar-refractivity contribution in [3.05, 3.63) is 72.3 Å². The van der Waals surface area contributed by atoms with Gasteiger partial charge in [0.2, 0.25) is 0 Å². The Labute approximate surface area is 253 Å². The van der Waals surface area contributed by atoms with Crippen LogP contribution in [0.15, 0.2) is 72.3 Å². The molecule has 0 N–H and O–H groups in total. The van der Waals surface area contributed by atoms with Crippen LogP contribution in [0.5, 0.6) is 0 Å². The first-order chi connectivity index (χ1) is 20.3. The van der Waals surface area contributed by atoms with Gasteiger partial charge in [0.05, 0.1) is 12.7 Å². The van der Waals surface area contributed by atoms with Crippen LogP contribution < -0.4 is 10.4 Å². The second kappa shape index (κ2) is 15.0. The van der Waals surface area contributed by atoms with Gasteiger partial charge in [0, 0.05) is 32.7 Å². The van der Waals surface area contributed by atoms with Gasteiger partial charge in [-0.25, -0.2) is 0 Å². The van der Waals surface area contributed by atoms with Gasteiger partial charge in [0.15, 0.2) is 0 Å². The molecular weight excluding hydrogens is 544 g/mol. The van der Waals surface area contributed by atoms with E-state index in [9.17, 15) is 4.79 Å². The number of hydrogen-bond donors (Lipinski definition) is 0. The normalized spacial score (nSPS) is 24.3. The molecular formula is C35H50O6Si. The molecule has 0 amide bonds. The summed E-state index contributed by atoms with van der Waals surface area (Å²) in [5.74, 6) is 0.708. The highest BCUT2D eigenvalue weighted by molar-refractivity contribution is 6.99. The van der Waals surface area contributed by atoms with Crippen LogP contribution in [-0.4, -0.2) is 61.7 Å². The number of benzene rings is 2. The molecule has 2 aliphatic rings. The number of allylic oxidation sites excluding steroid dienone is 1. The van der Waals surface area contributed by atoms with E-state index >= 15 is 0 Å². The molecule has 2 aromatic rings. The van der Waals surface area contributed by atoms with Gasteiger partial charge in [0.1, 0.15) is 19.9 Å². The van der Waals surface area contributed by atoms with Gasteiger partial charge in [-0.2, -0.15) is 0 Å². The highest BCUT2D eigenvalue weighted by Crippen LogP contribution is 2.58. The molecule has 7 heteroatoms. The first-order valence-electron chi connectivity index (χ1n) is 15.4. The second-order valence-electron chi connectivity index (χ2n) is 12.9. The summed E-state index contributed by atoms with van der Waals surface area (Å²) in [7, 11) is 0.704. The van der Waals surface area contributed by atoms with Crippen LogP contribution in [0.1, 0.15) is 59.3 Å². The Morgan fingerprint density at radius 2 is 1.57 bits per heavy atom. The lowest BCUT2D eigenvalue weighted by molar-refractivity contribution is -0.157. The third-order valence-corrected chi connectivity index (χ3v) is 14.4. The molecule has 230 valence electrons. The highest BCUT2D eigenvalue weighted by Gasteiger charge is 2.55. The van der Waals surface area contributed by atoms with E-state index in [1.165, 1.54) is 15.9 Å². The molecule has 1 fully saturated rings. The zero-order valence-corrected chi connectivity index (χ0v) is 27.2. The van der Waals surface area contributed by atoms with E-state index < -0.39 is 8.32 Å². The number of carbonyl (C=O) groups is 1. The first kappa shape index (κ1) is 32.8. The maximum atomic E-state index is 12.2. The molecule has 0 radical (unpaired) electrons. The van der Waals surface area contributed by atoms with E-state index in [0.29, 0.717) is 38.3 Å². The molecule has 4 atom stereocenters. The minimum absolute atomic E-state index is 0.0610. The Morgan fingerprint density at radius 3 is 2.14 bits per heavy atom. The van der Waals surface area contributed by atoms with Gasteiger partial charge in [-0.05, 0) is 59.4 Å². The van der Waals surface area contributed by atoms with Crippen molar-refractivity contribution in [3.63, 3.8) is 0 Å². The third-order valence-electron chi connectivity index (χ3n) is 9.40. The van der Waals surface area contributed by atoms with Crippen molar-refractivity contribution in [2.75, 3.05) is 41.0 Å². The van der Waals surface area contributed by atoms with E-state index in [0.717, 1.165) is 38.4 Å². The zero-order chi connectivity index (χ0) is 30.1. The zero-order valence-electron chi connectivity index (χ0n) is 26.2. The minimum Gasteiger partial charge on any atom is -0.407 e. The summed E-state index contributed by atoms with van der Waals surface area (Å²) in [4.78, 5) is 12.2. The van der Waals surface area contributed by atoms with Gasteiger partial charge >= 0.3 is 0 Å². The van der Waals surface area contributed by atoms with E-state index in [-0.39, 0.29) is 23.4 Å². The monoisotopic (exact) mass is 594 g/mol. The largest absolute Gasteiger partial charge is 0.407 e. The molecule has 1 saturated carbocycles. The van der Waals surface area contributed by atoms with E-state index in [1.807, 2.05) is 0 Å². The van der Waals surface area contributed by atoms with Crippen molar-refractivity contribution in [1.82, 2.24) is 0 Å². The van der Waals surface area contributed by atoms with Gasteiger partial charge < -0.3 is 28.2 Å². The fraction of sp³-hybridized carbons (Fsp3) is 0.571. The molecule has 0 aliphatic heterocycles. The molecule has 0 heterocycles. The maximum absolute atomic E-state index is 12.2. The Balaban J connectivity index is 1.54. The summed E-state index contributed by atoms with van der Waals surface area (Å²) in [5, 5.41) is 2.53. The summed E-state index contributed by atoms with van der Waals surface area (Å²) < 4.78 is 29.7. The van der Waals surface area contributed by atoms with Crippen LogP contribution in [0.25, 0.3) is 0 Å². The predicted octanol–water partition coefficient (Wildman–Crippen LogP) is 5.88. The summed E-state index contributed by atoms with van der Waals surface area (Å²) in [5.41, 5.74) is 1.05. The SMILES string of the molecule is COCOC[C@@H]1C[C@H]2CC=C(CCCO[Si](c3ccccc3)(c3ccccc3)C(C)(C)C)[C@@]2(CC=O)[C@H](OCOC)C1. The Kier molecular flexibility index (Phi) is 11.7. The summed E-state index contributed by atoms with van der Waals surface area (Å²) in [6, 6.07) is 21.6. The van der Waals surface area contributed by atoms with Crippen molar-refractivity contribution in [3.8, 4) is 0 Å². The molecule has 0 saturated heterocycles. The quantitative estimate of drug-likeness (QED) is 0.0795. The number of aldehydes is 1. The molecule has 6 nitrogen and oxygen atoms in total. The standard InChI is InChI=1S/C35H50O6Si/c1-34(2,3)42(31-14-8-6-9-15-31,32-16-10-7-11-17-32)41-22-12-13-29-18-19-30-23-28(25-39-26-37-4)24-33(40-27-38-5)35(29,30)20-21-36/h6-11,14-18,21,28,30,33H,12-13,19-20,22-27H2,1-5H3/t28-,30-,33-,35-/m1/s1. The number of methoxy groups -OCH3 is 2. The fourth-order valence-electron chi connectivity index (χ4n) is 7.69. The van der Waals surface area contributed by atoms with Crippen molar-refractivity contribution in [2.45, 2.75) is 70.4 Å². The summed E-state index contributed by atoms with van der Waals surface area (Å²) >= 11 is 0. The van der Waals surface area contributed by atoms with Gasteiger partial charge in [-0.3, -0.25) is 0 Å². The average molecular weight is 595 g/mol. The van der Waals surface area contributed by atoms with E-state index in [4.69, 9.17) is 23.4 Å². The Bertz CT molecular complexity index is 1090. The van der Waals surface area contributed by atoms with Crippen molar-refractivity contribution in [2.24, 2.45) is 17.3 Å². The smallest absolute Gasteiger partial charge is 0.261 e. The average Bonchev–Trinajstić information content (AvgIpc) is 3.34. The van der Waals surface area contributed by atoms with Crippen LogP contribution in [0.3, 0.4) is 0 Å². The summed E-state index contributed by atoms with van der Waals surface area (Å²) in [6.45, 7) is 8.74. The number of ether oxygens (including phenoxy) is 4. The van der Waals surface area contributed by atoms with Crippen LogP contribution in [-0.2, 0) is 28.2 Å². The lowest BCUT2D eigenvalue weighted by Gasteiger charge is -2.49. The Morgan fingerprint density at radius 1 is 0.929 bits per heavy atom. The number of rotatable bonds is 16. The van der Waals surface area contributed by atoms with Crippen molar-refractivity contribution in [1.29, 1.82) is 0 Å². The first-order valence-corrected chi connectivity index (χ1v) is 17.3. The molecule has 42 heavy (non-hydrogen) atoms. The number of fused-ring (bicyclic) bond motifs is 1. The third kappa shape index (κ3) is 6.82. The topological polar surface area (TPSA) is 63.2 Å². The summed E-state index contributed by atoms with van der Waals surface area (Å²) in [6.07, 6.45) is 8.46. The minimum atomic E-state index is -2.59. The molecule has 0 aromatic heterocycles. The van der Waals surface area contributed by atoms with Gasteiger partial charge in [-0.1, -0.05) is 93.1 Å². The van der Waals surface area contributed by atoms with Crippen LogP contribution in [0, 0.1) is 17.3 Å². The van der Waals surface area contributed by atoms with Gasteiger partial charge in [0.25, 0.3) is 8.32 Å². The molecule has 0 spiro atoms. The molecule has 2 aliphatic carbocycles.